The zero-order chi connectivity index (χ0) is 19.1. The maximum absolute atomic E-state index is 9.55. The number of nitriles is 1. The van der Waals surface area contributed by atoms with Gasteiger partial charge in [0.2, 0.25) is 5.69 Å². The Labute approximate surface area is 158 Å². The Morgan fingerprint density at radius 3 is 2.56 bits per heavy atom. The first-order valence-electron chi connectivity index (χ1n) is 8.76. The number of benzene rings is 2. The minimum atomic E-state index is -0.0555. The van der Waals surface area contributed by atoms with Gasteiger partial charge in [0.05, 0.1) is 13.2 Å². The summed E-state index contributed by atoms with van der Waals surface area (Å²) in [6.45, 7) is 3.22. The number of anilines is 1. The lowest BCUT2D eigenvalue weighted by atomic mass is 10.2. The molecule has 2 aromatic carbocycles. The van der Waals surface area contributed by atoms with Crippen LogP contribution in [0.3, 0.4) is 0 Å². The molecule has 0 radical (unpaired) electrons. The van der Waals surface area contributed by atoms with Gasteiger partial charge in [-0.1, -0.05) is 42.5 Å². The molecule has 7 nitrogen and oxygen atoms in total. The van der Waals surface area contributed by atoms with Crippen LogP contribution in [-0.2, 0) is 6.54 Å². The van der Waals surface area contributed by atoms with Gasteiger partial charge in [0.15, 0.2) is 5.82 Å². The second-order valence-electron chi connectivity index (χ2n) is 5.80. The highest BCUT2D eigenvalue weighted by Crippen LogP contribution is 2.25. The molecule has 0 unspecified atom stereocenters. The van der Waals surface area contributed by atoms with Crippen LogP contribution in [0.15, 0.2) is 54.6 Å². The Hall–Kier alpha value is -3.37. The molecule has 1 N–H and O–H groups in total. The third-order valence-electron chi connectivity index (χ3n) is 3.97. The Bertz CT molecular complexity index is 918. The summed E-state index contributed by atoms with van der Waals surface area (Å²) in [6.07, 6.45) is 0. The summed E-state index contributed by atoms with van der Waals surface area (Å²) >= 11 is 0. The molecule has 27 heavy (non-hydrogen) atoms. The molecule has 0 aliphatic heterocycles. The molecule has 1 aromatic heterocycles. The smallest absolute Gasteiger partial charge is 0.207 e. The highest BCUT2D eigenvalue weighted by Gasteiger charge is 2.20. The summed E-state index contributed by atoms with van der Waals surface area (Å²) in [5.41, 5.74) is 1.91. The Kier molecular flexibility index (Phi) is 6.02. The molecule has 1 heterocycles. The van der Waals surface area contributed by atoms with Gasteiger partial charge < -0.3 is 14.7 Å². The van der Waals surface area contributed by atoms with E-state index in [2.05, 4.69) is 16.3 Å². The van der Waals surface area contributed by atoms with Gasteiger partial charge in [0, 0.05) is 13.1 Å². The first-order valence-corrected chi connectivity index (χ1v) is 8.76. The van der Waals surface area contributed by atoms with E-state index < -0.39 is 0 Å². The largest absolute Gasteiger partial charge is 0.492 e. The number of rotatable bonds is 8. The van der Waals surface area contributed by atoms with E-state index >= 15 is 0 Å². The first kappa shape index (κ1) is 18.4. The number of aliphatic hydroxyl groups excluding tert-OH is 1. The van der Waals surface area contributed by atoms with Crippen molar-refractivity contribution in [2.24, 2.45) is 0 Å². The molecule has 0 aliphatic rings. The van der Waals surface area contributed by atoms with E-state index in [0.29, 0.717) is 37.0 Å². The maximum atomic E-state index is 9.55. The number of ether oxygens (including phenoxy) is 1. The molecule has 3 aromatic rings. The molecular weight excluding hydrogens is 342 g/mol. The highest BCUT2D eigenvalue weighted by atomic mass is 16.5. The maximum Gasteiger partial charge on any atom is 0.207 e. The number of nitrogens with zero attached hydrogens (tertiary/aromatic N) is 5. The summed E-state index contributed by atoms with van der Waals surface area (Å²) in [7, 11) is 0. The van der Waals surface area contributed by atoms with Crippen molar-refractivity contribution in [2.45, 2.75) is 13.5 Å². The number of hydrogen-bond acceptors (Lipinski definition) is 6. The van der Waals surface area contributed by atoms with Gasteiger partial charge in [-0.2, -0.15) is 5.26 Å². The quantitative estimate of drug-likeness (QED) is 0.662. The van der Waals surface area contributed by atoms with Crippen molar-refractivity contribution < 1.29 is 9.84 Å². The van der Waals surface area contributed by atoms with Crippen LogP contribution in [0.25, 0.3) is 5.69 Å². The molecule has 0 atom stereocenters. The van der Waals surface area contributed by atoms with E-state index in [1.54, 1.807) is 0 Å². The fourth-order valence-corrected chi connectivity index (χ4v) is 2.78. The second kappa shape index (κ2) is 8.83. The van der Waals surface area contributed by atoms with Crippen molar-refractivity contribution in [1.29, 1.82) is 5.26 Å². The van der Waals surface area contributed by atoms with Gasteiger partial charge >= 0.3 is 0 Å². The predicted octanol–water partition coefficient (Wildman–Crippen LogP) is 2.54. The van der Waals surface area contributed by atoms with Gasteiger partial charge in [0.1, 0.15) is 17.5 Å². The van der Waals surface area contributed by atoms with Crippen molar-refractivity contribution >= 4 is 5.82 Å². The van der Waals surface area contributed by atoms with Crippen LogP contribution in [0.4, 0.5) is 5.82 Å². The molecule has 138 valence electrons. The molecule has 0 amide bonds. The Morgan fingerprint density at radius 2 is 1.85 bits per heavy atom. The minimum absolute atomic E-state index is 0.0555. The van der Waals surface area contributed by atoms with Crippen LogP contribution in [0.5, 0.6) is 5.75 Å². The average Bonchev–Trinajstić information content (AvgIpc) is 3.13. The highest BCUT2D eigenvalue weighted by molar-refractivity contribution is 5.52. The van der Waals surface area contributed by atoms with E-state index in [1.807, 2.05) is 66.4 Å². The second-order valence-corrected chi connectivity index (χ2v) is 5.80. The predicted molar refractivity (Wildman–Crippen MR) is 102 cm³/mol. The van der Waals surface area contributed by atoms with E-state index in [0.717, 1.165) is 5.56 Å². The number of aromatic nitrogens is 3. The van der Waals surface area contributed by atoms with Gasteiger partial charge in [-0.25, -0.2) is 0 Å². The molecule has 0 spiro atoms. The minimum Gasteiger partial charge on any atom is -0.492 e. The third-order valence-corrected chi connectivity index (χ3v) is 3.97. The standard InChI is InChI=1S/C20H21N5O2/c1-2-27-19-11-7-6-10-18(19)25-22-17(14-21)20(23-25)24(12-13-26)15-16-8-4-3-5-9-16/h3-11,26H,2,12-13,15H2,1H3. The molecule has 0 fully saturated rings. The fraction of sp³-hybridized carbons (Fsp3) is 0.250. The van der Waals surface area contributed by atoms with Crippen LogP contribution in [0.1, 0.15) is 18.2 Å². The third kappa shape index (κ3) is 4.25. The summed E-state index contributed by atoms with van der Waals surface area (Å²) in [4.78, 5) is 3.26. The lowest BCUT2D eigenvalue weighted by Gasteiger charge is -2.21. The average molecular weight is 363 g/mol. The molecule has 7 heteroatoms. The molecule has 0 bridgehead atoms. The Morgan fingerprint density at radius 1 is 1.11 bits per heavy atom. The molecule has 0 saturated carbocycles. The van der Waals surface area contributed by atoms with Gasteiger partial charge in [-0.15, -0.1) is 15.0 Å². The van der Waals surface area contributed by atoms with Gasteiger partial charge in [0.25, 0.3) is 0 Å². The van der Waals surface area contributed by atoms with Crippen molar-refractivity contribution in [3.63, 3.8) is 0 Å². The monoisotopic (exact) mass is 363 g/mol. The summed E-state index contributed by atoms with van der Waals surface area (Å²) < 4.78 is 5.64. The zero-order valence-electron chi connectivity index (χ0n) is 15.1. The van der Waals surface area contributed by atoms with E-state index in [1.165, 1.54) is 4.80 Å². The summed E-state index contributed by atoms with van der Waals surface area (Å²) in [6, 6.07) is 19.3. The summed E-state index contributed by atoms with van der Waals surface area (Å²) in [5, 5.41) is 27.9. The molecular formula is C20H21N5O2. The fourth-order valence-electron chi connectivity index (χ4n) is 2.78. The lowest BCUT2D eigenvalue weighted by Crippen LogP contribution is -2.27. The van der Waals surface area contributed by atoms with Crippen molar-refractivity contribution in [3.05, 3.63) is 65.9 Å². The lowest BCUT2D eigenvalue weighted by molar-refractivity contribution is 0.301. The van der Waals surface area contributed by atoms with Crippen LogP contribution >= 0.6 is 0 Å². The van der Waals surface area contributed by atoms with Crippen LogP contribution in [0, 0.1) is 11.3 Å². The normalized spacial score (nSPS) is 10.4. The molecule has 0 saturated heterocycles. The van der Waals surface area contributed by atoms with E-state index in [9.17, 15) is 10.4 Å². The van der Waals surface area contributed by atoms with Crippen molar-refractivity contribution in [3.8, 4) is 17.5 Å². The first-order chi connectivity index (χ1) is 13.3. The van der Waals surface area contributed by atoms with Crippen molar-refractivity contribution in [2.75, 3.05) is 24.7 Å². The van der Waals surface area contributed by atoms with Gasteiger partial charge in [-0.3, -0.25) is 0 Å². The van der Waals surface area contributed by atoms with Crippen LogP contribution in [-0.4, -0.2) is 39.9 Å². The number of para-hydroxylation sites is 2. The summed E-state index contributed by atoms with van der Waals surface area (Å²) in [5.74, 6) is 1.07. The Balaban J connectivity index is 1.99. The van der Waals surface area contributed by atoms with Gasteiger partial charge in [-0.05, 0) is 24.6 Å². The number of hydrogen-bond donors (Lipinski definition) is 1. The topological polar surface area (TPSA) is 87.2 Å². The van der Waals surface area contributed by atoms with Crippen LogP contribution in [0.2, 0.25) is 0 Å². The van der Waals surface area contributed by atoms with Crippen LogP contribution < -0.4 is 9.64 Å². The number of aliphatic hydroxyl groups is 1. The zero-order valence-corrected chi connectivity index (χ0v) is 15.1. The molecule has 3 rings (SSSR count). The van der Waals surface area contributed by atoms with E-state index in [-0.39, 0.29) is 12.3 Å². The molecule has 0 aliphatic carbocycles. The SMILES string of the molecule is CCOc1ccccc1-n1nc(C#N)c(N(CCO)Cc2ccccc2)n1. The van der Waals surface area contributed by atoms with Crippen molar-refractivity contribution in [1.82, 2.24) is 15.0 Å². The van der Waals surface area contributed by atoms with E-state index in [4.69, 9.17) is 4.74 Å².